The Morgan fingerprint density at radius 2 is 1.95 bits per heavy atom. The Morgan fingerprint density at radius 3 is 2.70 bits per heavy atom. The topological polar surface area (TPSA) is 54.2 Å². The highest BCUT2D eigenvalue weighted by Gasteiger charge is 2.15. The fourth-order valence-corrected chi connectivity index (χ4v) is 2.29. The highest BCUT2D eigenvalue weighted by Crippen LogP contribution is 2.25. The summed E-state index contributed by atoms with van der Waals surface area (Å²) in [5.41, 5.74) is 1.93. The number of rotatable bonds is 4. The molecule has 5 heteroatoms. The Kier molecular flexibility index (Phi) is 3.35. The van der Waals surface area contributed by atoms with Crippen molar-refractivity contribution < 1.29 is 5.11 Å². The Morgan fingerprint density at radius 1 is 1.15 bits per heavy atom. The minimum absolute atomic E-state index is 0.0728. The van der Waals surface area contributed by atoms with Crippen molar-refractivity contribution in [3.05, 3.63) is 48.7 Å². The predicted octanol–water partition coefficient (Wildman–Crippen LogP) is 2.19. The van der Waals surface area contributed by atoms with Gasteiger partial charge in [0.25, 0.3) is 0 Å². The molecule has 20 heavy (non-hydrogen) atoms. The van der Waals surface area contributed by atoms with Crippen LogP contribution in [0.25, 0.3) is 11.0 Å². The van der Waals surface area contributed by atoms with Crippen LogP contribution in [0.2, 0.25) is 0 Å². The monoisotopic (exact) mass is 268 g/mol. The highest BCUT2D eigenvalue weighted by molar-refractivity contribution is 5.79. The number of nitrogens with zero attached hydrogens (tertiary/aromatic N) is 4. The lowest BCUT2D eigenvalue weighted by Gasteiger charge is -2.18. The molecule has 0 saturated carbocycles. The predicted molar refractivity (Wildman–Crippen MR) is 79.1 cm³/mol. The average molecular weight is 268 g/mol. The number of para-hydroxylation sites is 2. The molecule has 1 N–H and O–H groups in total. The van der Waals surface area contributed by atoms with Crippen LogP contribution in [0.5, 0.6) is 0 Å². The van der Waals surface area contributed by atoms with E-state index in [0.29, 0.717) is 6.54 Å². The Labute approximate surface area is 117 Å². The van der Waals surface area contributed by atoms with Crippen molar-refractivity contribution in [2.45, 2.75) is 6.54 Å². The van der Waals surface area contributed by atoms with E-state index in [1.54, 1.807) is 6.20 Å². The summed E-state index contributed by atoms with van der Waals surface area (Å²) in [5, 5.41) is 9.29. The molecule has 0 bridgehead atoms. The van der Waals surface area contributed by atoms with Gasteiger partial charge in [-0.05, 0) is 24.3 Å². The first-order valence-corrected chi connectivity index (χ1v) is 6.52. The van der Waals surface area contributed by atoms with Gasteiger partial charge in [0.05, 0.1) is 17.6 Å². The third-order valence-electron chi connectivity index (χ3n) is 3.25. The molecule has 2 aromatic heterocycles. The summed E-state index contributed by atoms with van der Waals surface area (Å²) in [4.78, 5) is 10.9. The second-order valence-corrected chi connectivity index (χ2v) is 4.52. The van der Waals surface area contributed by atoms with E-state index in [1.165, 1.54) is 0 Å². The van der Waals surface area contributed by atoms with E-state index in [0.717, 1.165) is 22.8 Å². The van der Waals surface area contributed by atoms with Gasteiger partial charge in [0.1, 0.15) is 5.82 Å². The van der Waals surface area contributed by atoms with Gasteiger partial charge < -0.3 is 9.67 Å². The van der Waals surface area contributed by atoms with Crippen LogP contribution in [0.15, 0.2) is 48.7 Å². The molecule has 0 saturated heterocycles. The molecule has 102 valence electrons. The van der Waals surface area contributed by atoms with E-state index in [-0.39, 0.29) is 6.61 Å². The van der Waals surface area contributed by atoms with Crippen LogP contribution in [0.3, 0.4) is 0 Å². The quantitative estimate of drug-likeness (QED) is 0.788. The number of benzene rings is 1. The van der Waals surface area contributed by atoms with Gasteiger partial charge in [0.15, 0.2) is 0 Å². The zero-order valence-corrected chi connectivity index (χ0v) is 11.3. The van der Waals surface area contributed by atoms with E-state index in [4.69, 9.17) is 0 Å². The van der Waals surface area contributed by atoms with Crippen molar-refractivity contribution in [3.63, 3.8) is 0 Å². The summed E-state index contributed by atoms with van der Waals surface area (Å²) in [7, 11) is 1.93. The van der Waals surface area contributed by atoms with Crippen molar-refractivity contribution in [2.75, 3.05) is 18.6 Å². The van der Waals surface area contributed by atoms with E-state index >= 15 is 0 Å². The minimum Gasteiger partial charge on any atom is -0.395 e. The van der Waals surface area contributed by atoms with Gasteiger partial charge in [-0.2, -0.15) is 0 Å². The molecular weight excluding hydrogens is 252 g/mol. The van der Waals surface area contributed by atoms with Crippen LogP contribution in [0.1, 0.15) is 0 Å². The van der Waals surface area contributed by atoms with E-state index in [1.807, 2.05) is 59.0 Å². The molecule has 2 heterocycles. The van der Waals surface area contributed by atoms with Crippen molar-refractivity contribution in [1.82, 2.24) is 14.5 Å². The normalized spacial score (nSPS) is 10.9. The third kappa shape index (κ3) is 2.12. The smallest absolute Gasteiger partial charge is 0.212 e. The van der Waals surface area contributed by atoms with Gasteiger partial charge in [0.2, 0.25) is 5.95 Å². The highest BCUT2D eigenvalue weighted by atomic mass is 16.3. The molecular formula is C15H16N4O. The number of anilines is 2. The minimum atomic E-state index is 0.0728. The number of aliphatic hydroxyl groups is 1. The first-order valence-electron chi connectivity index (χ1n) is 6.52. The zero-order valence-electron chi connectivity index (χ0n) is 11.3. The maximum atomic E-state index is 9.29. The molecule has 0 unspecified atom stereocenters. The Hall–Kier alpha value is -2.40. The van der Waals surface area contributed by atoms with Gasteiger partial charge in [-0.3, -0.25) is 4.90 Å². The molecule has 0 atom stereocenters. The molecule has 3 aromatic rings. The second-order valence-electron chi connectivity index (χ2n) is 4.52. The Balaban J connectivity index is 2.12. The molecule has 0 aliphatic rings. The lowest BCUT2D eigenvalue weighted by Crippen LogP contribution is -2.17. The van der Waals surface area contributed by atoms with E-state index < -0.39 is 0 Å². The molecule has 0 spiro atoms. The fourth-order valence-electron chi connectivity index (χ4n) is 2.29. The van der Waals surface area contributed by atoms with Gasteiger partial charge in [0, 0.05) is 19.8 Å². The number of fused-ring (bicyclic) bond motifs is 1. The lowest BCUT2D eigenvalue weighted by atomic mass is 10.3. The SMILES string of the molecule is CN(c1ccccn1)c1nc2ccccc2n1CCO. The first-order chi connectivity index (χ1) is 9.81. The molecule has 5 nitrogen and oxygen atoms in total. The van der Waals surface area contributed by atoms with Gasteiger partial charge >= 0.3 is 0 Å². The van der Waals surface area contributed by atoms with Crippen molar-refractivity contribution in [2.24, 2.45) is 0 Å². The van der Waals surface area contributed by atoms with Gasteiger partial charge in [-0.25, -0.2) is 9.97 Å². The standard InChI is InChI=1S/C15H16N4O/c1-18(14-8-4-5-9-16-14)15-17-12-6-2-3-7-13(12)19(15)10-11-20/h2-9,20H,10-11H2,1H3. The summed E-state index contributed by atoms with van der Waals surface area (Å²) in [6.07, 6.45) is 1.75. The summed E-state index contributed by atoms with van der Waals surface area (Å²) in [6, 6.07) is 13.7. The summed E-state index contributed by atoms with van der Waals surface area (Å²) in [6.45, 7) is 0.580. The Bertz CT molecular complexity index is 708. The van der Waals surface area contributed by atoms with Crippen molar-refractivity contribution >= 4 is 22.8 Å². The number of aliphatic hydroxyl groups excluding tert-OH is 1. The van der Waals surface area contributed by atoms with Crippen LogP contribution in [0.4, 0.5) is 11.8 Å². The van der Waals surface area contributed by atoms with E-state index in [2.05, 4.69) is 9.97 Å². The number of hydrogen-bond acceptors (Lipinski definition) is 4. The molecule has 0 amide bonds. The average Bonchev–Trinajstić information content (AvgIpc) is 2.87. The lowest BCUT2D eigenvalue weighted by molar-refractivity contribution is 0.278. The maximum absolute atomic E-state index is 9.29. The van der Waals surface area contributed by atoms with Crippen LogP contribution in [-0.4, -0.2) is 33.3 Å². The van der Waals surface area contributed by atoms with Crippen LogP contribution in [0, 0.1) is 0 Å². The van der Waals surface area contributed by atoms with Gasteiger partial charge in [-0.15, -0.1) is 0 Å². The third-order valence-corrected chi connectivity index (χ3v) is 3.25. The first kappa shape index (κ1) is 12.6. The number of hydrogen-bond donors (Lipinski definition) is 1. The molecule has 0 aliphatic heterocycles. The number of aromatic nitrogens is 3. The maximum Gasteiger partial charge on any atom is 0.212 e. The molecule has 1 aromatic carbocycles. The van der Waals surface area contributed by atoms with Gasteiger partial charge in [-0.1, -0.05) is 18.2 Å². The van der Waals surface area contributed by atoms with Crippen LogP contribution in [-0.2, 0) is 6.54 Å². The summed E-state index contributed by atoms with van der Waals surface area (Å²) in [5.74, 6) is 1.60. The molecule has 0 aliphatic carbocycles. The van der Waals surface area contributed by atoms with Crippen molar-refractivity contribution in [1.29, 1.82) is 0 Å². The molecule has 3 rings (SSSR count). The van der Waals surface area contributed by atoms with E-state index in [9.17, 15) is 5.11 Å². The number of imidazole rings is 1. The fraction of sp³-hybridized carbons (Fsp3) is 0.200. The van der Waals surface area contributed by atoms with Crippen LogP contribution < -0.4 is 4.90 Å². The van der Waals surface area contributed by atoms with Crippen LogP contribution >= 0.6 is 0 Å². The summed E-state index contributed by atoms with van der Waals surface area (Å²) >= 11 is 0. The second kappa shape index (κ2) is 5.30. The molecule has 0 fully saturated rings. The zero-order chi connectivity index (χ0) is 13.9. The largest absolute Gasteiger partial charge is 0.395 e. The number of pyridine rings is 1. The molecule has 0 radical (unpaired) electrons. The summed E-state index contributed by atoms with van der Waals surface area (Å²) < 4.78 is 2.00. The van der Waals surface area contributed by atoms with Crippen molar-refractivity contribution in [3.8, 4) is 0 Å².